The second-order valence-electron chi connectivity index (χ2n) is 5.30. The number of aryl methyl sites for hydroxylation is 1. The second kappa shape index (κ2) is 6.24. The number of halogens is 1. The molecule has 1 amide bonds. The van der Waals surface area contributed by atoms with Crippen LogP contribution in [-0.2, 0) is 13.5 Å². The van der Waals surface area contributed by atoms with Crippen molar-refractivity contribution in [2.45, 2.75) is 6.42 Å². The molecule has 0 fully saturated rings. The number of rotatable bonds is 4. The summed E-state index contributed by atoms with van der Waals surface area (Å²) in [6.07, 6.45) is 2.73. The molecule has 1 aromatic heterocycles. The van der Waals surface area contributed by atoms with Crippen LogP contribution in [-0.4, -0.2) is 17.0 Å². The van der Waals surface area contributed by atoms with E-state index in [4.69, 9.17) is 11.6 Å². The first-order chi connectivity index (χ1) is 10.6. The molecule has 3 aromatic rings. The summed E-state index contributed by atoms with van der Waals surface area (Å²) in [5.41, 5.74) is 2.89. The number of carbonyl (C=O) groups is 1. The van der Waals surface area contributed by atoms with Gasteiger partial charge in [0, 0.05) is 41.3 Å². The number of amides is 1. The van der Waals surface area contributed by atoms with Crippen molar-refractivity contribution in [3.05, 3.63) is 70.9 Å². The molecule has 0 saturated heterocycles. The summed E-state index contributed by atoms with van der Waals surface area (Å²) in [6.45, 7) is 0.586. The summed E-state index contributed by atoms with van der Waals surface area (Å²) in [5.74, 6) is -0.0428. The van der Waals surface area contributed by atoms with E-state index in [1.54, 1.807) is 0 Å². The van der Waals surface area contributed by atoms with Crippen LogP contribution in [0, 0.1) is 0 Å². The summed E-state index contributed by atoms with van der Waals surface area (Å²) >= 11 is 5.96. The van der Waals surface area contributed by atoms with Crippen molar-refractivity contribution in [1.29, 1.82) is 0 Å². The van der Waals surface area contributed by atoms with Gasteiger partial charge in [-0.1, -0.05) is 29.8 Å². The van der Waals surface area contributed by atoms with E-state index in [9.17, 15) is 4.79 Å². The van der Waals surface area contributed by atoms with Crippen molar-refractivity contribution in [1.82, 2.24) is 9.88 Å². The summed E-state index contributed by atoms with van der Waals surface area (Å²) in [5, 5.41) is 4.67. The van der Waals surface area contributed by atoms with Crippen molar-refractivity contribution in [3.8, 4) is 0 Å². The first-order valence-electron chi connectivity index (χ1n) is 7.22. The quantitative estimate of drug-likeness (QED) is 0.781. The number of benzene rings is 2. The average Bonchev–Trinajstić information content (AvgIpc) is 2.89. The zero-order chi connectivity index (χ0) is 15.5. The van der Waals surface area contributed by atoms with Gasteiger partial charge in [0.25, 0.3) is 5.91 Å². The Hall–Kier alpha value is -2.26. The zero-order valence-electron chi connectivity index (χ0n) is 12.3. The number of hydrogen-bond donors (Lipinski definition) is 1. The van der Waals surface area contributed by atoms with E-state index < -0.39 is 0 Å². The van der Waals surface area contributed by atoms with E-state index in [0.29, 0.717) is 12.1 Å². The van der Waals surface area contributed by atoms with Crippen LogP contribution in [0.5, 0.6) is 0 Å². The van der Waals surface area contributed by atoms with E-state index in [-0.39, 0.29) is 5.91 Å². The highest BCUT2D eigenvalue weighted by Crippen LogP contribution is 2.19. The normalized spacial score (nSPS) is 10.8. The zero-order valence-corrected chi connectivity index (χ0v) is 13.1. The molecule has 112 valence electrons. The van der Waals surface area contributed by atoms with Gasteiger partial charge in [-0.25, -0.2) is 0 Å². The minimum absolute atomic E-state index is 0.0428. The molecule has 22 heavy (non-hydrogen) atoms. The highest BCUT2D eigenvalue weighted by atomic mass is 35.5. The number of fused-ring (bicyclic) bond motifs is 1. The molecule has 3 nitrogen and oxygen atoms in total. The Morgan fingerprint density at radius 2 is 2.00 bits per heavy atom. The fourth-order valence-electron chi connectivity index (χ4n) is 2.61. The van der Waals surface area contributed by atoms with Crippen LogP contribution in [0.25, 0.3) is 10.9 Å². The molecule has 0 radical (unpaired) electrons. The Labute approximate surface area is 134 Å². The van der Waals surface area contributed by atoms with E-state index in [1.165, 1.54) is 0 Å². The van der Waals surface area contributed by atoms with Gasteiger partial charge in [0.15, 0.2) is 0 Å². The van der Waals surface area contributed by atoms with Gasteiger partial charge in [-0.3, -0.25) is 4.79 Å². The largest absolute Gasteiger partial charge is 0.352 e. The molecule has 3 rings (SSSR count). The van der Waals surface area contributed by atoms with Crippen molar-refractivity contribution in [2.24, 2.45) is 7.05 Å². The molecule has 0 aliphatic heterocycles. The maximum Gasteiger partial charge on any atom is 0.251 e. The number of nitrogens with one attached hydrogen (secondary N) is 1. The standard InChI is InChI=1S/C18H17ClN2O/c1-21-11-9-15-16(6-3-7-17(15)21)18(22)20-10-8-13-4-2-5-14(19)12-13/h2-7,9,11-12H,8,10H2,1H3,(H,20,22). The Balaban J connectivity index is 1.69. The van der Waals surface area contributed by atoms with Crippen molar-refractivity contribution in [3.63, 3.8) is 0 Å². The maximum absolute atomic E-state index is 12.4. The van der Waals surface area contributed by atoms with Gasteiger partial charge in [0.05, 0.1) is 0 Å². The Bertz CT molecular complexity index is 823. The van der Waals surface area contributed by atoms with E-state index in [1.807, 2.05) is 66.3 Å². The highest BCUT2D eigenvalue weighted by Gasteiger charge is 2.10. The van der Waals surface area contributed by atoms with Crippen LogP contribution in [0.1, 0.15) is 15.9 Å². The molecule has 0 bridgehead atoms. The molecule has 0 saturated carbocycles. The van der Waals surface area contributed by atoms with Crippen LogP contribution in [0.15, 0.2) is 54.7 Å². The number of aromatic nitrogens is 1. The molecular formula is C18H17ClN2O. The number of nitrogens with zero attached hydrogens (tertiary/aromatic N) is 1. The summed E-state index contributed by atoms with van der Waals surface area (Å²) in [6, 6.07) is 15.5. The van der Waals surface area contributed by atoms with E-state index >= 15 is 0 Å². The molecule has 0 atom stereocenters. The van der Waals surface area contributed by atoms with Crippen LogP contribution < -0.4 is 5.32 Å². The fourth-order valence-corrected chi connectivity index (χ4v) is 2.82. The minimum Gasteiger partial charge on any atom is -0.352 e. The SMILES string of the molecule is Cn1ccc2c(C(=O)NCCc3cccc(Cl)c3)cccc21. The van der Waals surface area contributed by atoms with Crippen molar-refractivity contribution < 1.29 is 4.79 Å². The van der Waals surface area contributed by atoms with Gasteiger partial charge in [0.2, 0.25) is 0 Å². The third-order valence-electron chi connectivity index (χ3n) is 3.76. The number of carbonyl (C=O) groups excluding carboxylic acids is 1. The lowest BCUT2D eigenvalue weighted by Gasteiger charge is -2.07. The fraction of sp³-hybridized carbons (Fsp3) is 0.167. The lowest BCUT2D eigenvalue weighted by atomic mass is 10.1. The summed E-state index contributed by atoms with van der Waals surface area (Å²) < 4.78 is 2.01. The van der Waals surface area contributed by atoms with Gasteiger partial charge in [-0.05, 0) is 42.3 Å². The topological polar surface area (TPSA) is 34.0 Å². The Kier molecular flexibility index (Phi) is 4.16. The molecule has 0 aliphatic carbocycles. The molecule has 4 heteroatoms. The first-order valence-corrected chi connectivity index (χ1v) is 7.59. The first kappa shape index (κ1) is 14.7. The molecule has 1 heterocycles. The average molecular weight is 313 g/mol. The predicted molar refractivity (Wildman–Crippen MR) is 90.4 cm³/mol. The lowest BCUT2D eigenvalue weighted by Crippen LogP contribution is -2.25. The Morgan fingerprint density at radius 1 is 1.18 bits per heavy atom. The predicted octanol–water partition coefficient (Wildman–Crippen LogP) is 3.80. The van der Waals surface area contributed by atoms with Crippen LogP contribution in [0.3, 0.4) is 0 Å². The second-order valence-corrected chi connectivity index (χ2v) is 5.74. The summed E-state index contributed by atoms with van der Waals surface area (Å²) in [7, 11) is 1.98. The third-order valence-corrected chi connectivity index (χ3v) is 4.00. The van der Waals surface area contributed by atoms with Gasteiger partial charge in [-0.2, -0.15) is 0 Å². The lowest BCUT2D eigenvalue weighted by molar-refractivity contribution is 0.0956. The third kappa shape index (κ3) is 3.00. The van der Waals surface area contributed by atoms with Gasteiger partial charge in [-0.15, -0.1) is 0 Å². The monoisotopic (exact) mass is 312 g/mol. The smallest absolute Gasteiger partial charge is 0.251 e. The molecule has 0 spiro atoms. The van der Waals surface area contributed by atoms with Crippen LogP contribution in [0.4, 0.5) is 0 Å². The molecule has 1 N–H and O–H groups in total. The molecular weight excluding hydrogens is 296 g/mol. The van der Waals surface area contributed by atoms with Gasteiger partial charge < -0.3 is 9.88 Å². The highest BCUT2D eigenvalue weighted by molar-refractivity contribution is 6.30. The van der Waals surface area contributed by atoms with E-state index in [0.717, 1.165) is 27.9 Å². The van der Waals surface area contributed by atoms with Gasteiger partial charge in [0.1, 0.15) is 0 Å². The van der Waals surface area contributed by atoms with E-state index in [2.05, 4.69) is 5.32 Å². The molecule has 0 unspecified atom stereocenters. The minimum atomic E-state index is -0.0428. The molecule has 2 aromatic carbocycles. The van der Waals surface area contributed by atoms with Crippen LogP contribution >= 0.6 is 11.6 Å². The van der Waals surface area contributed by atoms with Crippen molar-refractivity contribution >= 4 is 28.4 Å². The Morgan fingerprint density at radius 3 is 2.82 bits per heavy atom. The van der Waals surface area contributed by atoms with Gasteiger partial charge >= 0.3 is 0 Å². The molecule has 0 aliphatic rings. The summed E-state index contributed by atoms with van der Waals surface area (Å²) in [4.78, 5) is 12.4. The number of hydrogen-bond acceptors (Lipinski definition) is 1. The van der Waals surface area contributed by atoms with Crippen molar-refractivity contribution in [2.75, 3.05) is 6.54 Å². The maximum atomic E-state index is 12.4. The van der Waals surface area contributed by atoms with Crippen LogP contribution in [0.2, 0.25) is 5.02 Å².